The van der Waals surface area contributed by atoms with E-state index < -0.39 is 0 Å². The van der Waals surface area contributed by atoms with Gasteiger partial charge in [-0.25, -0.2) is 0 Å². The molecule has 0 saturated carbocycles. The summed E-state index contributed by atoms with van der Waals surface area (Å²) in [4.78, 5) is 13.8. The molecule has 1 saturated heterocycles. The van der Waals surface area contributed by atoms with Crippen LogP contribution in [0.4, 0.5) is 0 Å². The molecule has 82 valence electrons. The van der Waals surface area contributed by atoms with Gasteiger partial charge in [-0.1, -0.05) is 6.92 Å². The van der Waals surface area contributed by atoms with Gasteiger partial charge in [-0.15, -0.1) is 0 Å². The van der Waals surface area contributed by atoms with E-state index >= 15 is 0 Å². The van der Waals surface area contributed by atoms with Crippen molar-refractivity contribution in [1.82, 2.24) is 10.2 Å². The third-order valence-corrected chi connectivity index (χ3v) is 3.34. The van der Waals surface area contributed by atoms with E-state index in [0.717, 1.165) is 25.1 Å². The van der Waals surface area contributed by atoms with Crippen LogP contribution in [-0.4, -0.2) is 41.6 Å². The number of rotatable bonds is 5. The summed E-state index contributed by atoms with van der Waals surface area (Å²) in [6.45, 7) is 5.00. The molecule has 0 spiro atoms. The first-order valence-corrected chi connectivity index (χ1v) is 6.65. The van der Waals surface area contributed by atoms with Crippen molar-refractivity contribution in [2.24, 2.45) is 0 Å². The Hall–Kier alpha value is -0.220. The van der Waals surface area contributed by atoms with Crippen LogP contribution in [-0.2, 0) is 4.79 Å². The van der Waals surface area contributed by atoms with Crippen molar-refractivity contribution in [1.29, 1.82) is 0 Å². The van der Waals surface area contributed by atoms with E-state index in [1.165, 1.54) is 0 Å². The summed E-state index contributed by atoms with van der Waals surface area (Å²) in [7, 11) is 0. The SMILES string of the molecule is CCC1NC(C)N(CCCSC)C1=O. The van der Waals surface area contributed by atoms with Crippen LogP contribution < -0.4 is 5.32 Å². The first-order chi connectivity index (χ1) is 6.70. The highest BCUT2D eigenvalue weighted by Crippen LogP contribution is 2.13. The molecule has 2 atom stereocenters. The highest BCUT2D eigenvalue weighted by molar-refractivity contribution is 7.98. The van der Waals surface area contributed by atoms with Crippen molar-refractivity contribution in [3.63, 3.8) is 0 Å². The Morgan fingerprint density at radius 1 is 1.57 bits per heavy atom. The third kappa shape index (κ3) is 2.64. The van der Waals surface area contributed by atoms with E-state index in [4.69, 9.17) is 0 Å². The van der Waals surface area contributed by atoms with Gasteiger partial charge in [0, 0.05) is 6.54 Å². The predicted octanol–water partition coefficient (Wildman–Crippen LogP) is 1.30. The van der Waals surface area contributed by atoms with Crippen LogP contribution in [0.25, 0.3) is 0 Å². The van der Waals surface area contributed by atoms with Gasteiger partial charge >= 0.3 is 0 Å². The second kappa shape index (κ2) is 5.61. The zero-order valence-electron chi connectivity index (χ0n) is 9.25. The number of nitrogens with zero attached hydrogens (tertiary/aromatic N) is 1. The Bertz CT molecular complexity index is 199. The maximum atomic E-state index is 11.8. The zero-order valence-corrected chi connectivity index (χ0v) is 10.1. The normalized spacial score (nSPS) is 27.4. The molecule has 0 aromatic carbocycles. The molecule has 1 N–H and O–H groups in total. The molecule has 1 rings (SSSR count). The minimum atomic E-state index is 0.0549. The summed E-state index contributed by atoms with van der Waals surface area (Å²) in [5.74, 6) is 1.41. The van der Waals surface area contributed by atoms with Crippen molar-refractivity contribution in [3.05, 3.63) is 0 Å². The number of carbonyl (C=O) groups excluding carboxylic acids is 1. The molecule has 1 heterocycles. The highest BCUT2D eigenvalue weighted by Gasteiger charge is 2.34. The molecule has 0 aliphatic carbocycles. The van der Waals surface area contributed by atoms with Gasteiger partial charge in [-0.3, -0.25) is 10.1 Å². The molecule has 2 unspecified atom stereocenters. The number of nitrogens with one attached hydrogen (secondary N) is 1. The van der Waals surface area contributed by atoms with Crippen molar-refractivity contribution in [3.8, 4) is 0 Å². The lowest BCUT2D eigenvalue weighted by molar-refractivity contribution is -0.129. The molecular weight excluding hydrogens is 196 g/mol. The van der Waals surface area contributed by atoms with Gasteiger partial charge in [0.05, 0.1) is 12.2 Å². The Morgan fingerprint density at radius 3 is 2.79 bits per heavy atom. The first kappa shape index (κ1) is 11.9. The van der Waals surface area contributed by atoms with E-state index in [0.29, 0.717) is 0 Å². The minimum Gasteiger partial charge on any atom is -0.326 e. The molecule has 14 heavy (non-hydrogen) atoms. The molecule has 0 aromatic heterocycles. The number of hydrogen-bond donors (Lipinski definition) is 1. The molecule has 1 amide bonds. The van der Waals surface area contributed by atoms with Crippen molar-refractivity contribution >= 4 is 17.7 Å². The fraction of sp³-hybridized carbons (Fsp3) is 0.900. The third-order valence-electron chi connectivity index (χ3n) is 2.65. The molecule has 0 aromatic rings. The standard InChI is InChI=1S/C10H20N2OS/c1-4-9-10(13)12(8(2)11-9)6-5-7-14-3/h8-9,11H,4-7H2,1-3H3. The molecular formula is C10H20N2OS. The largest absolute Gasteiger partial charge is 0.326 e. The van der Waals surface area contributed by atoms with Gasteiger partial charge in [0.15, 0.2) is 0 Å². The van der Waals surface area contributed by atoms with E-state index in [1.54, 1.807) is 0 Å². The van der Waals surface area contributed by atoms with Crippen molar-refractivity contribution < 1.29 is 4.79 Å². The molecule has 1 aliphatic heterocycles. The van der Waals surface area contributed by atoms with Crippen LogP contribution in [0.3, 0.4) is 0 Å². The summed E-state index contributed by atoms with van der Waals surface area (Å²) < 4.78 is 0. The van der Waals surface area contributed by atoms with E-state index in [9.17, 15) is 4.79 Å². The maximum Gasteiger partial charge on any atom is 0.240 e. The van der Waals surface area contributed by atoms with Crippen molar-refractivity contribution in [2.75, 3.05) is 18.6 Å². The van der Waals surface area contributed by atoms with Gasteiger partial charge in [0.2, 0.25) is 5.91 Å². The lowest BCUT2D eigenvalue weighted by Crippen LogP contribution is -2.35. The number of carbonyl (C=O) groups is 1. The lowest BCUT2D eigenvalue weighted by atomic mass is 10.2. The summed E-state index contributed by atoms with van der Waals surface area (Å²) >= 11 is 1.84. The van der Waals surface area contributed by atoms with E-state index in [-0.39, 0.29) is 18.1 Å². The first-order valence-electron chi connectivity index (χ1n) is 5.26. The zero-order chi connectivity index (χ0) is 10.6. The Balaban J connectivity index is 2.40. The second-order valence-electron chi connectivity index (χ2n) is 3.68. The molecule has 1 fully saturated rings. The summed E-state index contributed by atoms with van der Waals surface area (Å²) in [5.41, 5.74) is 0. The Morgan fingerprint density at radius 2 is 2.29 bits per heavy atom. The quantitative estimate of drug-likeness (QED) is 0.703. The molecule has 0 radical (unpaired) electrons. The monoisotopic (exact) mass is 216 g/mol. The van der Waals surface area contributed by atoms with E-state index in [1.807, 2.05) is 23.6 Å². The minimum absolute atomic E-state index is 0.0549. The summed E-state index contributed by atoms with van der Waals surface area (Å²) in [6, 6.07) is 0.0549. The average Bonchev–Trinajstić information content (AvgIpc) is 2.45. The smallest absolute Gasteiger partial charge is 0.240 e. The second-order valence-corrected chi connectivity index (χ2v) is 4.67. The fourth-order valence-electron chi connectivity index (χ4n) is 1.82. The fourth-order valence-corrected chi connectivity index (χ4v) is 2.24. The van der Waals surface area contributed by atoms with Gasteiger partial charge < -0.3 is 4.90 Å². The Kier molecular flexibility index (Phi) is 4.75. The Labute approximate surface area is 90.6 Å². The van der Waals surface area contributed by atoms with Gasteiger partial charge in [-0.2, -0.15) is 11.8 Å². The summed E-state index contributed by atoms with van der Waals surface area (Å²) in [5, 5.41) is 3.30. The van der Waals surface area contributed by atoms with Crippen LogP contribution >= 0.6 is 11.8 Å². The number of hydrogen-bond acceptors (Lipinski definition) is 3. The average molecular weight is 216 g/mol. The van der Waals surface area contributed by atoms with Gasteiger partial charge in [0.25, 0.3) is 0 Å². The van der Waals surface area contributed by atoms with Crippen LogP contribution in [0.1, 0.15) is 26.7 Å². The van der Waals surface area contributed by atoms with Crippen LogP contribution in [0.5, 0.6) is 0 Å². The van der Waals surface area contributed by atoms with E-state index in [2.05, 4.69) is 18.5 Å². The number of amides is 1. The predicted molar refractivity (Wildman–Crippen MR) is 61.4 cm³/mol. The van der Waals surface area contributed by atoms with Crippen LogP contribution in [0.2, 0.25) is 0 Å². The van der Waals surface area contributed by atoms with Crippen LogP contribution in [0, 0.1) is 0 Å². The maximum absolute atomic E-state index is 11.8. The lowest BCUT2D eigenvalue weighted by Gasteiger charge is -2.20. The van der Waals surface area contributed by atoms with Gasteiger partial charge in [-0.05, 0) is 31.8 Å². The number of thioether (sulfide) groups is 1. The van der Waals surface area contributed by atoms with Crippen molar-refractivity contribution in [2.45, 2.75) is 38.9 Å². The molecule has 1 aliphatic rings. The topological polar surface area (TPSA) is 32.3 Å². The summed E-state index contributed by atoms with van der Waals surface area (Å²) in [6.07, 6.45) is 4.30. The highest BCUT2D eigenvalue weighted by atomic mass is 32.2. The van der Waals surface area contributed by atoms with Crippen LogP contribution in [0.15, 0.2) is 0 Å². The molecule has 0 bridgehead atoms. The molecule has 4 heteroatoms. The molecule has 3 nitrogen and oxygen atoms in total. The van der Waals surface area contributed by atoms with Gasteiger partial charge in [0.1, 0.15) is 0 Å².